The second-order valence-electron chi connectivity index (χ2n) is 4.58. The molecule has 0 spiro atoms. The highest BCUT2D eigenvalue weighted by molar-refractivity contribution is 7.99. The summed E-state index contributed by atoms with van der Waals surface area (Å²) < 4.78 is 5.45. The molecule has 1 N–H and O–H groups in total. The van der Waals surface area contributed by atoms with E-state index in [-0.39, 0.29) is 5.97 Å². The number of esters is 1. The van der Waals surface area contributed by atoms with Gasteiger partial charge in [-0.25, -0.2) is 0 Å². The van der Waals surface area contributed by atoms with Gasteiger partial charge in [-0.3, -0.25) is 4.79 Å². The Balaban J connectivity index is 1.92. The summed E-state index contributed by atoms with van der Waals surface area (Å²) in [6.45, 7) is 1.96. The van der Waals surface area contributed by atoms with Crippen LogP contribution in [0.5, 0.6) is 5.75 Å². The van der Waals surface area contributed by atoms with Gasteiger partial charge in [0, 0.05) is 16.2 Å². The largest absolute Gasteiger partial charge is 0.424 e. The van der Waals surface area contributed by atoms with E-state index in [0.717, 1.165) is 22.7 Å². The zero-order chi connectivity index (χ0) is 13.9. The van der Waals surface area contributed by atoms with Gasteiger partial charge in [-0.05, 0) is 30.7 Å². The SMILES string of the molecule is CCCC(=O)Oc1cccc2c1Nc1ccccc1S2. The maximum Gasteiger partial charge on any atom is 0.311 e. The molecule has 0 bridgehead atoms. The summed E-state index contributed by atoms with van der Waals surface area (Å²) in [6.07, 6.45) is 1.23. The summed E-state index contributed by atoms with van der Waals surface area (Å²) in [5.74, 6) is 0.412. The maximum absolute atomic E-state index is 11.7. The number of ether oxygens (including phenoxy) is 1. The third kappa shape index (κ3) is 2.51. The number of carbonyl (C=O) groups excluding carboxylic acids is 1. The van der Waals surface area contributed by atoms with Crippen LogP contribution in [0.2, 0.25) is 0 Å². The van der Waals surface area contributed by atoms with Crippen LogP contribution in [0.1, 0.15) is 19.8 Å². The van der Waals surface area contributed by atoms with Crippen molar-refractivity contribution < 1.29 is 9.53 Å². The number of fused-ring (bicyclic) bond motifs is 2. The van der Waals surface area contributed by atoms with Crippen molar-refractivity contribution in [3.63, 3.8) is 0 Å². The highest BCUT2D eigenvalue weighted by atomic mass is 32.2. The molecule has 0 aromatic heterocycles. The Morgan fingerprint density at radius 1 is 1.15 bits per heavy atom. The molecule has 0 radical (unpaired) electrons. The first-order valence-electron chi connectivity index (χ1n) is 6.65. The summed E-state index contributed by atoms with van der Waals surface area (Å²) in [5, 5.41) is 3.36. The van der Waals surface area contributed by atoms with Crippen molar-refractivity contribution in [2.75, 3.05) is 5.32 Å². The van der Waals surface area contributed by atoms with E-state index < -0.39 is 0 Å². The molecule has 2 aromatic rings. The molecule has 1 heterocycles. The van der Waals surface area contributed by atoms with E-state index in [4.69, 9.17) is 4.74 Å². The molecular formula is C16H15NO2S. The molecule has 2 aromatic carbocycles. The van der Waals surface area contributed by atoms with Gasteiger partial charge < -0.3 is 10.1 Å². The second-order valence-corrected chi connectivity index (χ2v) is 5.66. The molecular weight excluding hydrogens is 270 g/mol. The molecule has 0 saturated carbocycles. The van der Waals surface area contributed by atoms with E-state index >= 15 is 0 Å². The van der Waals surface area contributed by atoms with Crippen LogP contribution < -0.4 is 10.1 Å². The summed E-state index contributed by atoms with van der Waals surface area (Å²) >= 11 is 1.68. The predicted molar refractivity (Wildman–Crippen MR) is 80.8 cm³/mol. The first-order valence-corrected chi connectivity index (χ1v) is 7.47. The van der Waals surface area contributed by atoms with Gasteiger partial charge in [0.1, 0.15) is 0 Å². The minimum Gasteiger partial charge on any atom is -0.424 e. The third-order valence-corrected chi connectivity index (χ3v) is 4.17. The monoisotopic (exact) mass is 285 g/mol. The quantitative estimate of drug-likeness (QED) is 0.564. The molecule has 0 amide bonds. The van der Waals surface area contributed by atoms with Gasteiger partial charge >= 0.3 is 5.97 Å². The highest BCUT2D eigenvalue weighted by Gasteiger charge is 2.19. The molecule has 0 saturated heterocycles. The number of rotatable bonds is 3. The Bertz CT molecular complexity index is 655. The van der Waals surface area contributed by atoms with Crippen LogP contribution in [0.3, 0.4) is 0 Å². The van der Waals surface area contributed by atoms with Crippen molar-refractivity contribution in [1.29, 1.82) is 0 Å². The molecule has 3 rings (SSSR count). The van der Waals surface area contributed by atoms with Crippen molar-refractivity contribution in [3.8, 4) is 5.75 Å². The lowest BCUT2D eigenvalue weighted by molar-refractivity contribution is -0.134. The van der Waals surface area contributed by atoms with Crippen molar-refractivity contribution in [2.24, 2.45) is 0 Å². The number of hydrogen-bond donors (Lipinski definition) is 1. The van der Waals surface area contributed by atoms with Gasteiger partial charge in [-0.2, -0.15) is 0 Å². The summed E-state index contributed by atoms with van der Waals surface area (Å²) in [5.41, 5.74) is 1.92. The van der Waals surface area contributed by atoms with E-state index in [1.54, 1.807) is 11.8 Å². The highest BCUT2D eigenvalue weighted by Crippen LogP contribution is 2.47. The van der Waals surface area contributed by atoms with Crippen LogP contribution in [0.25, 0.3) is 0 Å². The van der Waals surface area contributed by atoms with Gasteiger partial charge in [-0.15, -0.1) is 0 Å². The first-order chi connectivity index (χ1) is 9.78. The van der Waals surface area contributed by atoms with Crippen LogP contribution in [0.15, 0.2) is 52.3 Å². The standard InChI is InChI=1S/C16H15NO2S/c1-2-6-15(18)19-12-8-5-10-14-16(12)17-11-7-3-4-9-13(11)20-14/h3-5,7-10,17H,2,6H2,1H3. The van der Waals surface area contributed by atoms with Crippen LogP contribution in [-0.4, -0.2) is 5.97 Å². The lowest BCUT2D eigenvalue weighted by Crippen LogP contribution is -2.10. The Labute approximate surface area is 122 Å². The lowest BCUT2D eigenvalue weighted by Gasteiger charge is -2.22. The Morgan fingerprint density at radius 2 is 1.95 bits per heavy atom. The second kappa shape index (κ2) is 5.59. The number of hydrogen-bond acceptors (Lipinski definition) is 4. The van der Waals surface area contributed by atoms with E-state index in [1.165, 1.54) is 4.90 Å². The molecule has 0 fully saturated rings. The topological polar surface area (TPSA) is 38.3 Å². The van der Waals surface area contributed by atoms with Crippen LogP contribution in [0, 0.1) is 0 Å². The first kappa shape index (κ1) is 13.1. The van der Waals surface area contributed by atoms with Crippen molar-refractivity contribution in [3.05, 3.63) is 42.5 Å². The fraction of sp³-hybridized carbons (Fsp3) is 0.188. The van der Waals surface area contributed by atoms with Crippen molar-refractivity contribution in [2.45, 2.75) is 29.6 Å². The van der Waals surface area contributed by atoms with E-state index in [9.17, 15) is 4.79 Å². The van der Waals surface area contributed by atoms with Gasteiger partial charge in [0.05, 0.1) is 11.4 Å². The van der Waals surface area contributed by atoms with Gasteiger partial charge in [0.25, 0.3) is 0 Å². The van der Waals surface area contributed by atoms with Gasteiger partial charge in [-0.1, -0.05) is 36.9 Å². The predicted octanol–water partition coefficient (Wildman–Crippen LogP) is 4.60. The fourth-order valence-electron chi connectivity index (χ4n) is 2.09. The lowest BCUT2D eigenvalue weighted by atomic mass is 10.2. The molecule has 0 atom stereocenters. The minimum atomic E-state index is -0.188. The number of carbonyl (C=O) groups is 1. The van der Waals surface area contributed by atoms with Crippen LogP contribution in [0.4, 0.5) is 11.4 Å². The normalized spacial score (nSPS) is 12.1. The molecule has 0 aliphatic carbocycles. The summed E-state index contributed by atoms with van der Waals surface area (Å²) in [7, 11) is 0. The van der Waals surface area contributed by atoms with Crippen molar-refractivity contribution >= 4 is 29.1 Å². The maximum atomic E-state index is 11.7. The molecule has 4 heteroatoms. The zero-order valence-corrected chi connectivity index (χ0v) is 12.0. The average Bonchev–Trinajstić information content (AvgIpc) is 2.46. The Kier molecular flexibility index (Phi) is 3.65. The van der Waals surface area contributed by atoms with E-state index in [2.05, 4.69) is 11.4 Å². The molecule has 1 aliphatic heterocycles. The Hall–Kier alpha value is -1.94. The molecule has 102 valence electrons. The fourth-order valence-corrected chi connectivity index (χ4v) is 3.11. The number of benzene rings is 2. The number of nitrogens with one attached hydrogen (secondary N) is 1. The molecule has 3 nitrogen and oxygen atoms in total. The minimum absolute atomic E-state index is 0.188. The van der Waals surface area contributed by atoms with Crippen LogP contribution in [-0.2, 0) is 4.79 Å². The molecule has 20 heavy (non-hydrogen) atoms. The van der Waals surface area contributed by atoms with E-state index in [0.29, 0.717) is 12.2 Å². The summed E-state index contributed by atoms with van der Waals surface area (Å²) in [6, 6.07) is 13.9. The van der Waals surface area contributed by atoms with Crippen LogP contribution >= 0.6 is 11.8 Å². The van der Waals surface area contributed by atoms with Gasteiger partial charge in [0.2, 0.25) is 0 Å². The average molecular weight is 285 g/mol. The van der Waals surface area contributed by atoms with E-state index in [1.807, 2.05) is 43.3 Å². The number of anilines is 2. The Morgan fingerprint density at radius 3 is 2.80 bits per heavy atom. The third-order valence-electron chi connectivity index (χ3n) is 3.03. The smallest absolute Gasteiger partial charge is 0.311 e. The number of para-hydroxylation sites is 2. The molecule has 1 aliphatic rings. The zero-order valence-electron chi connectivity index (χ0n) is 11.2. The summed E-state index contributed by atoms with van der Waals surface area (Å²) in [4.78, 5) is 13.9. The van der Waals surface area contributed by atoms with Gasteiger partial charge in [0.15, 0.2) is 5.75 Å². The van der Waals surface area contributed by atoms with Crippen molar-refractivity contribution in [1.82, 2.24) is 0 Å². The molecule has 0 unspecified atom stereocenters.